The van der Waals surface area contributed by atoms with E-state index in [1.807, 2.05) is 47.4 Å². The van der Waals surface area contributed by atoms with Gasteiger partial charge in [0.05, 0.1) is 17.1 Å². The lowest BCUT2D eigenvalue weighted by atomic mass is 10.0. The van der Waals surface area contributed by atoms with Gasteiger partial charge in [-0.15, -0.1) is 0 Å². The zero-order chi connectivity index (χ0) is 17.4. The Morgan fingerprint density at radius 2 is 1.72 bits per heavy atom. The van der Waals surface area contributed by atoms with Gasteiger partial charge in [-0.05, 0) is 30.5 Å². The van der Waals surface area contributed by atoms with Crippen molar-refractivity contribution in [2.45, 2.75) is 25.4 Å². The largest absolute Gasteiger partial charge is 0.334 e. The van der Waals surface area contributed by atoms with Crippen molar-refractivity contribution in [3.8, 4) is 0 Å². The summed E-state index contributed by atoms with van der Waals surface area (Å²) >= 11 is 0. The lowest BCUT2D eigenvalue weighted by Gasteiger charge is -2.25. The fraction of sp³-hybridized carbons (Fsp3) is 0.300. The summed E-state index contributed by atoms with van der Waals surface area (Å²) in [5, 5.41) is 0. The van der Waals surface area contributed by atoms with Crippen LogP contribution in [0.3, 0.4) is 0 Å². The highest BCUT2D eigenvalue weighted by atomic mass is 16.2. The molecule has 1 fully saturated rings. The van der Waals surface area contributed by atoms with Crippen molar-refractivity contribution in [2.75, 3.05) is 6.54 Å². The third-order valence-electron chi connectivity index (χ3n) is 5.10. The van der Waals surface area contributed by atoms with Gasteiger partial charge in [0.1, 0.15) is 6.54 Å². The number of para-hydroxylation sites is 2. The van der Waals surface area contributed by atoms with Crippen molar-refractivity contribution >= 4 is 16.9 Å². The fourth-order valence-electron chi connectivity index (χ4n) is 3.83. The molecule has 5 heteroatoms. The molecule has 1 atom stereocenters. The van der Waals surface area contributed by atoms with Crippen LogP contribution in [0.15, 0.2) is 59.4 Å². The van der Waals surface area contributed by atoms with Gasteiger partial charge in [-0.3, -0.25) is 13.9 Å². The third-order valence-corrected chi connectivity index (χ3v) is 5.10. The number of amides is 1. The summed E-state index contributed by atoms with van der Waals surface area (Å²) in [5.74, 6) is 0.00445. The molecule has 1 aliphatic rings. The van der Waals surface area contributed by atoms with E-state index in [2.05, 4.69) is 12.1 Å². The predicted molar refractivity (Wildman–Crippen MR) is 97.3 cm³/mol. The predicted octanol–water partition coefficient (Wildman–Crippen LogP) is 2.70. The van der Waals surface area contributed by atoms with Crippen LogP contribution in [0, 0.1) is 0 Å². The van der Waals surface area contributed by atoms with Crippen LogP contribution in [0.5, 0.6) is 0 Å². The lowest BCUT2D eigenvalue weighted by Crippen LogP contribution is -2.36. The van der Waals surface area contributed by atoms with Gasteiger partial charge in [-0.25, -0.2) is 4.79 Å². The topological polar surface area (TPSA) is 47.2 Å². The fourth-order valence-corrected chi connectivity index (χ4v) is 3.83. The highest BCUT2D eigenvalue weighted by Crippen LogP contribution is 2.32. The van der Waals surface area contributed by atoms with Crippen LogP contribution >= 0.6 is 0 Å². The number of fused-ring (bicyclic) bond motifs is 1. The van der Waals surface area contributed by atoms with Crippen molar-refractivity contribution in [3.05, 3.63) is 70.6 Å². The van der Waals surface area contributed by atoms with E-state index < -0.39 is 0 Å². The average molecular weight is 335 g/mol. The van der Waals surface area contributed by atoms with Gasteiger partial charge < -0.3 is 4.90 Å². The van der Waals surface area contributed by atoms with E-state index in [1.165, 1.54) is 5.56 Å². The number of aryl methyl sites for hydroxylation is 1. The number of benzene rings is 2. The highest BCUT2D eigenvalue weighted by Gasteiger charge is 2.30. The van der Waals surface area contributed by atoms with Crippen LogP contribution in [0.4, 0.5) is 0 Å². The molecule has 5 nitrogen and oxygen atoms in total. The van der Waals surface area contributed by atoms with Gasteiger partial charge in [0.15, 0.2) is 0 Å². The van der Waals surface area contributed by atoms with E-state index in [-0.39, 0.29) is 24.2 Å². The molecular weight excluding hydrogens is 314 g/mol. The normalized spacial score (nSPS) is 17.3. The van der Waals surface area contributed by atoms with Gasteiger partial charge in [-0.2, -0.15) is 0 Å². The van der Waals surface area contributed by atoms with Gasteiger partial charge in [-0.1, -0.05) is 42.5 Å². The van der Waals surface area contributed by atoms with Crippen LogP contribution < -0.4 is 5.69 Å². The Hall–Kier alpha value is -2.82. The number of imidazole rings is 1. The molecule has 1 unspecified atom stereocenters. The number of carbonyl (C=O) groups is 1. The molecule has 4 rings (SSSR count). The van der Waals surface area contributed by atoms with E-state index in [0.29, 0.717) is 0 Å². The second kappa shape index (κ2) is 6.24. The molecule has 1 amide bonds. The number of rotatable bonds is 3. The monoisotopic (exact) mass is 335 g/mol. The molecule has 25 heavy (non-hydrogen) atoms. The number of likely N-dealkylation sites (tertiary alicyclic amines) is 1. The van der Waals surface area contributed by atoms with E-state index in [0.717, 1.165) is 30.4 Å². The molecule has 0 radical (unpaired) electrons. The second-order valence-electron chi connectivity index (χ2n) is 6.57. The molecule has 3 aromatic rings. The zero-order valence-corrected chi connectivity index (χ0v) is 14.3. The SMILES string of the molecule is Cn1c(=O)n(CC(=O)N2CCCC2c2ccccc2)c2ccccc21. The summed E-state index contributed by atoms with van der Waals surface area (Å²) in [6.07, 6.45) is 1.97. The molecule has 2 heterocycles. The minimum absolute atomic E-state index is 0.00445. The van der Waals surface area contributed by atoms with E-state index in [9.17, 15) is 9.59 Å². The second-order valence-corrected chi connectivity index (χ2v) is 6.57. The Bertz CT molecular complexity index is 972. The molecule has 1 saturated heterocycles. The number of hydrogen-bond acceptors (Lipinski definition) is 2. The number of aromatic nitrogens is 2. The maximum Gasteiger partial charge on any atom is 0.329 e. The average Bonchev–Trinajstić information content (AvgIpc) is 3.23. The van der Waals surface area contributed by atoms with Gasteiger partial charge >= 0.3 is 5.69 Å². The first-order chi connectivity index (χ1) is 12.2. The van der Waals surface area contributed by atoms with Crippen molar-refractivity contribution in [3.63, 3.8) is 0 Å². The number of hydrogen-bond donors (Lipinski definition) is 0. The van der Waals surface area contributed by atoms with Crippen LogP contribution in [-0.4, -0.2) is 26.5 Å². The number of nitrogens with zero attached hydrogens (tertiary/aromatic N) is 3. The van der Waals surface area contributed by atoms with Crippen molar-refractivity contribution in [1.29, 1.82) is 0 Å². The van der Waals surface area contributed by atoms with Crippen LogP contribution in [-0.2, 0) is 18.4 Å². The first kappa shape index (κ1) is 15.7. The highest BCUT2D eigenvalue weighted by molar-refractivity contribution is 5.81. The smallest absolute Gasteiger partial charge is 0.329 e. The Morgan fingerprint density at radius 1 is 1.04 bits per heavy atom. The summed E-state index contributed by atoms with van der Waals surface area (Å²) in [6.45, 7) is 0.835. The van der Waals surface area contributed by atoms with Gasteiger partial charge in [0.25, 0.3) is 0 Å². The molecule has 0 spiro atoms. The van der Waals surface area contributed by atoms with E-state index in [1.54, 1.807) is 16.2 Å². The van der Waals surface area contributed by atoms with E-state index in [4.69, 9.17) is 0 Å². The van der Waals surface area contributed by atoms with Crippen LogP contribution in [0.2, 0.25) is 0 Å². The van der Waals surface area contributed by atoms with Crippen molar-refractivity contribution in [1.82, 2.24) is 14.0 Å². The van der Waals surface area contributed by atoms with E-state index >= 15 is 0 Å². The zero-order valence-electron chi connectivity index (χ0n) is 14.3. The summed E-state index contributed by atoms with van der Waals surface area (Å²) in [6, 6.07) is 17.8. The van der Waals surface area contributed by atoms with Crippen LogP contribution in [0.1, 0.15) is 24.4 Å². The molecule has 128 valence electrons. The maximum absolute atomic E-state index is 13.0. The Morgan fingerprint density at radius 3 is 2.48 bits per heavy atom. The number of carbonyl (C=O) groups excluding carboxylic acids is 1. The molecule has 1 aliphatic heterocycles. The maximum atomic E-state index is 13.0. The molecule has 0 N–H and O–H groups in total. The summed E-state index contributed by atoms with van der Waals surface area (Å²) < 4.78 is 3.18. The first-order valence-corrected chi connectivity index (χ1v) is 8.65. The minimum Gasteiger partial charge on any atom is -0.334 e. The Labute approximate surface area is 146 Å². The summed E-state index contributed by atoms with van der Waals surface area (Å²) in [5.41, 5.74) is 2.67. The third kappa shape index (κ3) is 2.65. The Balaban J connectivity index is 1.65. The van der Waals surface area contributed by atoms with Crippen LogP contribution in [0.25, 0.3) is 11.0 Å². The van der Waals surface area contributed by atoms with Crippen molar-refractivity contribution in [2.24, 2.45) is 7.05 Å². The molecule has 0 saturated carbocycles. The Kier molecular flexibility index (Phi) is 3.92. The summed E-state index contributed by atoms with van der Waals surface area (Å²) in [7, 11) is 1.74. The first-order valence-electron chi connectivity index (χ1n) is 8.65. The minimum atomic E-state index is -0.148. The van der Waals surface area contributed by atoms with Crippen molar-refractivity contribution < 1.29 is 4.79 Å². The quantitative estimate of drug-likeness (QED) is 0.739. The molecule has 0 bridgehead atoms. The molecule has 0 aliphatic carbocycles. The van der Waals surface area contributed by atoms with Gasteiger partial charge in [0, 0.05) is 13.6 Å². The molecule has 1 aromatic heterocycles. The van der Waals surface area contributed by atoms with Gasteiger partial charge in [0.2, 0.25) is 5.91 Å². The summed E-state index contributed by atoms with van der Waals surface area (Å²) in [4.78, 5) is 27.4. The molecule has 2 aromatic carbocycles. The molecular formula is C20H21N3O2. The standard InChI is InChI=1S/C20H21N3O2/c1-21-17-10-5-6-11-18(17)23(20(21)25)14-19(24)22-13-7-12-16(22)15-8-3-2-4-9-15/h2-6,8-11,16H,7,12-14H2,1H3. The lowest BCUT2D eigenvalue weighted by molar-refractivity contribution is -0.132.